The second-order valence-electron chi connectivity index (χ2n) is 5.16. The predicted molar refractivity (Wildman–Crippen MR) is 92.6 cm³/mol. The number of ether oxygens (including phenoxy) is 1. The van der Waals surface area contributed by atoms with Crippen molar-refractivity contribution in [2.24, 2.45) is 10.2 Å². The zero-order valence-electron chi connectivity index (χ0n) is 13.1. The van der Waals surface area contributed by atoms with E-state index in [9.17, 15) is 13.5 Å². The highest BCUT2D eigenvalue weighted by Crippen LogP contribution is 2.36. The molecule has 2 N–H and O–H groups in total. The van der Waals surface area contributed by atoms with Crippen LogP contribution in [0.2, 0.25) is 0 Å². The Hall–Kier alpha value is -2.97. The van der Waals surface area contributed by atoms with E-state index in [1.165, 1.54) is 12.1 Å². The van der Waals surface area contributed by atoms with Crippen LogP contribution in [0.25, 0.3) is 10.8 Å². The molecular formula is C17H14N2O5S. The lowest BCUT2D eigenvalue weighted by Gasteiger charge is -2.07. The van der Waals surface area contributed by atoms with Crippen LogP contribution in [-0.2, 0) is 10.1 Å². The lowest BCUT2D eigenvalue weighted by atomic mass is 10.1. The zero-order valence-corrected chi connectivity index (χ0v) is 13.9. The molecule has 128 valence electrons. The number of aromatic hydroxyl groups is 1. The quantitative estimate of drug-likeness (QED) is 0.536. The first-order valence-corrected chi connectivity index (χ1v) is 8.62. The zero-order chi connectivity index (χ0) is 18.0. The number of methoxy groups -OCH3 is 1. The fourth-order valence-electron chi connectivity index (χ4n) is 2.36. The van der Waals surface area contributed by atoms with Crippen molar-refractivity contribution in [1.29, 1.82) is 0 Å². The third kappa shape index (κ3) is 3.44. The van der Waals surface area contributed by atoms with E-state index in [-0.39, 0.29) is 5.39 Å². The van der Waals surface area contributed by atoms with Gasteiger partial charge in [0.15, 0.2) is 0 Å². The topological polar surface area (TPSA) is 109 Å². The van der Waals surface area contributed by atoms with Gasteiger partial charge in [0.25, 0.3) is 10.1 Å². The lowest BCUT2D eigenvalue weighted by Crippen LogP contribution is -1.98. The summed E-state index contributed by atoms with van der Waals surface area (Å²) in [5, 5.41) is 19.2. The molecule has 0 bridgehead atoms. The van der Waals surface area contributed by atoms with Crippen LogP contribution in [0, 0.1) is 0 Å². The smallest absolute Gasteiger partial charge is 0.298 e. The largest absolute Gasteiger partial charge is 0.506 e. The molecule has 0 radical (unpaired) electrons. The first-order chi connectivity index (χ1) is 11.9. The molecule has 0 aliphatic heterocycles. The summed E-state index contributed by atoms with van der Waals surface area (Å²) in [6.07, 6.45) is 0. The Morgan fingerprint density at radius 1 is 0.920 bits per heavy atom. The third-order valence-corrected chi connectivity index (χ3v) is 4.48. The molecule has 3 aromatic carbocycles. The molecule has 0 atom stereocenters. The average Bonchev–Trinajstić information content (AvgIpc) is 2.59. The minimum Gasteiger partial charge on any atom is -0.506 e. The van der Waals surface area contributed by atoms with Crippen LogP contribution in [0.4, 0.5) is 11.4 Å². The summed E-state index contributed by atoms with van der Waals surface area (Å²) in [6, 6.07) is 14.4. The average molecular weight is 358 g/mol. The number of fused-ring (bicyclic) bond motifs is 1. The van der Waals surface area contributed by atoms with Crippen LogP contribution in [0.1, 0.15) is 0 Å². The molecular weight excluding hydrogens is 344 g/mol. The van der Waals surface area contributed by atoms with E-state index in [4.69, 9.17) is 9.29 Å². The van der Waals surface area contributed by atoms with E-state index in [1.54, 1.807) is 43.5 Å². The second-order valence-corrected chi connectivity index (χ2v) is 6.55. The van der Waals surface area contributed by atoms with Crippen molar-refractivity contribution in [1.82, 2.24) is 0 Å². The monoisotopic (exact) mass is 358 g/mol. The summed E-state index contributed by atoms with van der Waals surface area (Å²) in [4.78, 5) is -0.552. The van der Waals surface area contributed by atoms with E-state index in [1.807, 2.05) is 0 Å². The Morgan fingerprint density at radius 3 is 2.28 bits per heavy atom. The summed E-state index contributed by atoms with van der Waals surface area (Å²) in [6.45, 7) is 0. The van der Waals surface area contributed by atoms with E-state index in [0.717, 1.165) is 6.07 Å². The minimum absolute atomic E-state index is 0.251. The minimum atomic E-state index is -4.52. The Bertz CT molecular complexity index is 1060. The maximum absolute atomic E-state index is 11.3. The molecule has 0 aliphatic rings. The molecule has 0 saturated heterocycles. The molecule has 3 aromatic rings. The molecule has 0 spiro atoms. The van der Waals surface area contributed by atoms with Crippen LogP contribution in [0.3, 0.4) is 0 Å². The van der Waals surface area contributed by atoms with Crippen LogP contribution >= 0.6 is 0 Å². The maximum atomic E-state index is 11.3. The van der Waals surface area contributed by atoms with Crippen molar-refractivity contribution in [3.05, 3.63) is 54.6 Å². The fraction of sp³-hybridized carbons (Fsp3) is 0.0588. The van der Waals surface area contributed by atoms with Gasteiger partial charge in [-0.15, -0.1) is 5.11 Å². The number of azo groups is 1. The molecule has 0 aliphatic carbocycles. The van der Waals surface area contributed by atoms with Crippen molar-refractivity contribution in [2.75, 3.05) is 7.11 Å². The van der Waals surface area contributed by atoms with E-state index in [2.05, 4.69) is 10.2 Å². The highest BCUT2D eigenvalue weighted by Gasteiger charge is 2.18. The highest BCUT2D eigenvalue weighted by atomic mass is 32.2. The van der Waals surface area contributed by atoms with Gasteiger partial charge in [0.1, 0.15) is 16.4 Å². The molecule has 0 unspecified atom stereocenters. The standard InChI is InChI=1S/C17H14N2O5S/c1-24-12-7-5-11(6-8-12)18-19-15-4-2-3-14-13(15)9-10-16(17(14)20)25(21,22)23/h2-10,20H,1H3,(H,21,22,23). The van der Waals surface area contributed by atoms with E-state index >= 15 is 0 Å². The van der Waals surface area contributed by atoms with Crippen LogP contribution < -0.4 is 4.74 Å². The Morgan fingerprint density at radius 2 is 1.64 bits per heavy atom. The van der Waals surface area contributed by atoms with Gasteiger partial charge in [-0.3, -0.25) is 4.55 Å². The number of benzene rings is 3. The van der Waals surface area contributed by atoms with Gasteiger partial charge in [0.05, 0.1) is 18.5 Å². The Labute approximate surface area is 144 Å². The van der Waals surface area contributed by atoms with Crippen LogP contribution in [0.15, 0.2) is 69.7 Å². The summed E-state index contributed by atoms with van der Waals surface area (Å²) in [5.74, 6) is 0.174. The second kappa shape index (κ2) is 6.50. The molecule has 0 fully saturated rings. The van der Waals surface area contributed by atoms with E-state index in [0.29, 0.717) is 22.5 Å². The Balaban J connectivity index is 2.05. The first-order valence-electron chi connectivity index (χ1n) is 7.18. The normalized spacial score (nSPS) is 11.9. The van der Waals surface area contributed by atoms with Crippen molar-refractivity contribution in [3.8, 4) is 11.5 Å². The summed E-state index contributed by atoms with van der Waals surface area (Å²) >= 11 is 0. The van der Waals surface area contributed by atoms with Crippen LogP contribution in [-0.4, -0.2) is 25.2 Å². The van der Waals surface area contributed by atoms with Crippen molar-refractivity contribution in [2.45, 2.75) is 4.90 Å². The highest BCUT2D eigenvalue weighted by molar-refractivity contribution is 7.86. The number of phenols is 1. The van der Waals surface area contributed by atoms with Gasteiger partial charge in [0.2, 0.25) is 0 Å². The summed E-state index contributed by atoms with van der Waals surface area (Å²) < 4.78 is 36.8. The van der Waals surface area contributed by atoms with Gasteiger partial charge < -0.3 is 9.84 Å². The maximum Gasteiger partial charge on any atom is 0.298 e. The molecule has 0 heterocycles. The van der Waals surface area contributed by atoms with Crippen LogP contribution in [0.5, 0.6) is 11.5 Å². The van der Waals surface area contributed by atoms with Crippen molar-refractivity contribution in [3.63, 3.8) is 0 Å². The number of phenolic OH excluding ortho intramolecular Hbond substituents is 1. The third-order valence-electron chi connectivity index (χ3n) is 3.60. The predicted octanol–water partition coefficient (Wildman–Crippen LogP) is 4.22. The number of nitrogens with zero attached hydrogens (tertiary/aromatic N) is 2. The Kier molecular flexibility index (Phi) is 4.39. The van der Waals surface area contributed by atoms with Gasteiger partial charge in [-0.05, 0) is 36.4 Å². The van der Waals surface area contributed by atoms with Crippen molar-refractivity contribution < 1.29 is 22.8 Å². The molecule has 8 heteroatoms. The summed E-state index contributed by atoms with van der Waals surface area (Å²) in [5.41, 5.74) is 1.06. The fourth-order valence-corrected chi connectivity index (χ4v) is 2.96. The molecule has 25 heavy (non-hydrogen) atoms. The summed E-state index contributed by atoms with van der Waals surface area (Å²) in [7, 11) is -2.95. The number of hydrogen-bond acceptors (Lipinski definition) is 6. The molecule has 0 amide bonds. The molecule has 7 nitrogen and oxygen atoms in total. The van der Waals surface area contributed by atoms with Gasteiger partial charge in [-0.25, -0.2) is 0 Å². The van der Waals surface area contributed by atoms with E-state index < -0.39 is 20.8 Å². The molecule has 3 rings (SSSR count). The van der Waals surface area contributed by atoms with Gasteiger partial charge in [0, 0.05) is 10.8 Å². The van der Waals surface area contributed by atoms with Crippen molar-refractivity contribution >= 4 is 32.3 Å². The number of hydrogen-bond donors (Lipinski definition) is 2. The first kappa shape index (κ1) is 16.9. The SMILES string of the molecule is COc1ccc(N=Nc2cccc3c(O)c(S(=O)(=O)O)ccc23)cc1. The lowest BCUT2D eigenvalue weighted by molar-refractivity contribution is 0.415. The van der Waals surface area contributed by atoms with Gasteiger partial charge in [-0.2, -0.15) is 13.5 Å². The van der Waals surface area contributed by atoms with Gasteiger partial charge in [-0.1, -0.05) is 18.2 Å². The molecule has 0 aromatic heterocycles. The molecule has 0 saturated carbocycles. The number of rotatable bonds is 4. The van der Waals surface area contributed by atoms with Gasteiger partial charge >= 0.3 is 0 Å².